The molecular weight excluding hydrogens is 490 g/mol. The van der Waals surface area contributed by atoms with Gasteiger partial charge in [-0.25, -0.2) is 8.42 Å². The van der Waals surface area contributed by atoms with Crippen molar-refractivity contribution in [1.29, 1.82) is 0 Å². The monoisotopic (exact) mass is 517 g/mol. The fraction of sp³-hybridized carbons (Fsp3) is 0.360. The molecule has 1 saturated heterocycles. The third-order valence-corrected chi connectivity index (χ3v) is 8.72. The molecule has 186 valence electrons. The fourth-order valence-corrected chi connectivity index (χ4v) is 6.11. The number of halogens is 1. The van der Waals surface area contributed by atoms with Crippen molar-refractivity contribution in [3.8, 4) is 5.75 Å². The number of rotatable bonds is 6. The summed E-state index contributed by atoms with van der Waals surface area (Å²) in [7, 11) is -2.40. The van der Waals surface area contributed by atoms with E-state index in [0.717, 1.165) is 23.0 Å². The van der Waals surface area contributed by atoms with Gasteiger partial charge in [-0.05, 0) is 43.4 Å². The van der Waals surface area contributed by atoms with E-state index in [1.54, 1.807) is 43.3 Å². The highest BCUT2D eigenvalue weighted by Crippen LogP contribution is 2.31. The Balaban J connectivity index is 1.71. The molecule has 1 aromatic heterocycles. The second-order valence-electron chi connectivity index (χ2n) is 8.91. The van der Waals surface area contributed by atoms with E-state index in [4.69, 9.17) is 16.3 Å². The quantitative estimate of drug-likeness (QED) is 0.532. The minimum absolute atomic E-state index is 0.0231. The molecule has 0 spiro atoms. The zero-order chi connectivity index (χ0) is 25.3. The van der Waals surface area contributed by atoms with E-state index >= 15 is 0 Å². The van der Waals surface area contributed by atoms with Gasteiger partial charge in [-0.3, -0.25) is 9.59 Å². The Labute approximate surface area is 209 Å². The Hall–Kier alpha value is -2.88. The lowest BCUT2D eigenvalue weighted by molar-refractivity contribution is -0.116. The molecule has 1 fully saturated rings. The second kappa shape index (κ2) is 10.0. The number of ether oxygens (including phenoxy) is 1. The molecule has 35 heavy (non-hydrogen) atoms. The first-order chi connectivity index (χ1) is 16.6. The number of carbonyl (C=O) groups is 1. The van der Waals surface area contributed by atoms with E-state index in [-0.39, 0.29) is 16.8 Å². The van der Waals surface area contributed by atoms with E-state index in [1.807, 2.05) is 0 Å². The molecule has 1 aliphatic rings. The van der Waals surface area contributed by atoms with Crippen molar-refractivity contribution < 1.29 is 17.9 Å². The van der Waals surface area contributed by atoms with Gasteiger partial charge in [0, 0.05) is 41.1 Å². The van der Waals surface area contributed by atoms with Crippen molar-refractivity contribution in [1.82, 2.24) is 8.87 Å². The number of aromatic nitrogens is 1. The van der Waals surface area contributed by atoms with Crippen LogP contribution >= 0.6 is 11.6 Å². The molecular formula is C25H28ClN3O5S. The van der Waals surface area contributed by atoms with Gasteiger partial charge in [-0.15, -0.1) is 0 Å². The normalized spacial score (nSPS) is 15.3. The Morgan fingerprint density at radius 3 is 2.49 bits per heavy atom. The summed E-state index contributed by atoms with van der Waals surface area (Å²) in [6.07, 6.45) is 2.84. The third-order valence-electron chi connectivity index (χ3n) is 6.39. The molecule has 0 atom stereocenters. The summed E-state index contributed by atoms with van der Waals surface area (Å²) in [5.41, 5.74) is 0.708. The number of hydrogen-bond donors (Lipinski definition) is 1. The number of carbonyl (C=O) groups excluding carboxylic acids is 1. The van der Waals surface area contributed by atoms with Gasteiger partial charge < -0.3 is 14.6 Å². The zero-order valence-corrected chi connectivity index (χ0v) is 21.4. The summed E-state index contributed by atoms with van der Waals surface area (Å²) >= 11 is 6.14. The van der Waals surface area contributed by atoms with Crippen LogP contribution in [0.5, 0.6) is 5.75 Å². The van der Waals surface area contributed by atoms with Gasteiger partial charge in [0.2, 0.25) is 15.9 Å². The number of pyridine rings is 1. The molecule has 2 aromatic carbocycles. The van der Waals surface area contributed by atoms with Crippen molar-refractivity contribution in [3.05, 3.63) is 63.5 Å². The number of nitrogens with zero attached hydrogens (tertiary/aromatic N) is 2. The highest BCUT2D eigenvalue weighted by Gasteiger charge is 2.30. The molecule has 0 aliphatic carbocycles. The third kappa shape index (κ3) is 5.07. The molecule has 0 saturated carbocycles. The first-order valence-corrected chi connectivity index (χ1v) is 13.2. The number of piperidine rings is 1. The molecule has 0 unspecified atom stereocenters. The molecule has 1 N–H and O–H groups in total. The number of aryl methyl sites for hydroxylation is 1. The van der Waals surface area contributed by atoms with Gasteiger partial charge in [0.25, 0.3) is 5.56 Å². The van der Waals surface area contributed by atoms with Crippen LogP contribution in [0, 0.1) is 12.8 Å². The van der Waals surface area contributed by atoms with Crippen LogP contribution in [0.3, 0.4) is 0 Å². The van der Waals surface area contributed by atoms with Crippen molar-refractivity contribution in [2.45, 2.75) is 38.1 Å². The van der Waals surface area contributed by atoms with Crippen LogP contribution in [0.1, 0.15) is 25.3 Å². The predicted octanol–water partition coefficient (Wildman–Crippen LogP) is 4.03. The first-order valence-electron chi connectivity index (χ1n) is 11.4. The standard InChI is InChI=1S/C25H28ClN3O5S/c1-16-8-10-29(11-9-16)35(32,33)23-14-28(25(31)19-7-5-4-6-18(19)23)15-24(30)27-21-12-17(2)20(26)13-22(21)34-3/h4-7,12-14,16H,8-11,15H2,1-3H3,(H,27,30). The Bertz CT molecular complexity index is 1440. The first kappa shape index (κ1) is 25.2. The maximum absolute atomic E-state index is 13.6. The van der Waals surface area contributed by atoms with Gasteiger partial charge in [0.1, 0.15) is 17.2 Å². The largest absolute Gasteiger partial charge is 0.495 e. The van der Waals surface area contributed by atoms with Crippen molar-refractivity contribution >= 4 is 44.0 Å². The highest BCUT2D eigenvalue weighted by atomic mass is 35.5. The SMILES string of the molecule is COc1cc(Cl)c(C)cc1NC(=O)Cn1cc(S(=O)(=O)N2CCC(C)CC2)c2ccccc2c1=O. The second-order valence-corrected chi connectivity index (χ2v) is 11.2. The minimum atomic E-state index is -3.86. The molecule has 10 heteroatoms. The summed E-state index contributed by atoms with van der Waals surface area (Å²) in [5.74, 6) is 0.337. The maximum Gasteiger partial charge on any atom is 0.258 e. The van der Waals surface area contributed by atoms with E-state index < -0.39 is 21.5 Å². The van der Waals surface area contributed by atoms with E-state index in [9.17, 15) is 18.0 Å². The summed E-state index contributed by atoms with van der Waals surface area (Å²) in [6.45, 7) is 4.38. The zero-order valence-electron chi connectivity index (χ0n) is 19.9. The topological polar surface area (TPSA) is 97.7 Å². The molecule has 2 heterocycles. The van der Waals surface area contributed by atoms with E-state index in [0.29, 0.717) is 40.9 Å². The Morgan fingerprint density at radius 2 is 1.83 bits per heavy atom. The van der Waals surface area contributed by atoms with Gasteiger partial charge in [0.05, 0.1) is 12.8 Å². The van der Waals surface area contributed by atoms with Crippen LogP contribution in [-0.4, -0.2) is 43.4 Å². The molecule has 0 bridgehead atoms. The Kier molecular flexibility index (Phi) is 7.21. The molecule has 3 aromatic rings. The van der Waals surface area contributed by atoms with Gasteiger partial charge in [-0.1, -0.05) is 36.7 Å². The van der Waals surface area contributed by atoms with Gasteiger partial charge in [0.15, 0.2) is 0 Å². The van der Waals surface area contributed by atoms with Crippen molar-refractivity contribution in [2.24, 2.45) is 5.92 Å². The maximum atomic E-state index is 13.6. The number of nitrogens with one attached hydrogen (secondary N) is 1. The summed E-state index contributed by atoms with van der Waals surface area (Å²) in [6, 6.07) is 9.85. The van der Waals surface area contributed by atoms with E-state index in [2.05, 4.69) is 12.2 Å². The van der Waals surface area contributed by atoms with Crippen LogP contribution in [0.2, 0.25) is 5.02 Å². The van der Waals surface area contributed by atoms with Crippen LogP contribution < -0.4 is 15.6 Å². The fourth-order valence-electron chi connectivity index (χ4n) is 4.27. The lowest BCUT2D eigenvalue weighted by Gasteiger charge is -2.30. The number of methoxy groups -OCH3 is 1. The van der Waals surface area contributed by atoms with Crippen LogP contribution in [0.4, 0.5) is 5.69 Å². The molecule has 4 rings (SSSR count). The number of sulfonamides is 1. The number of amides is 1. The van der Waals surface area contributed by atoms with Crippen molar-refractivity contribution in [3.63, 3.8) is 0 Å². The predicted molar refractivity (Wildman–Crippen MR) is 137 cm³/mol. The summed E-state index contributed by atoms with van der Waals surface area (Å²) in [4.78, 5) is 26.1. The highest BCUT2D eigenvalue weighted by molar-refractivity contribution is 7.89. The number of anilines is 1. The number of hydrogen-bond acceptors (Lipinski definition) is 5. The summed E-state index contributed by atoms with van der Waals surface area (Å²) in [5, 5.41) is 3.82. The summed E-state index contributed by atoms with van der Waals surface area (Å²) < 4.78 is 35.1. The number of benzene rings is 2. The lowest BCUT2D eigenvalue weighted by Crippen LogP contribution is -2.38. The van der Waals surface area contributed by atoms with Gasteiger partial charge >= 0.3 is 0 Å². The molecule has 1 aliphatic heterocycles. The minimum Gasteiger partial charge on any atom is -0.495 e. The average Bonchev–Trinajstić information content (AvgIpc) is 2.83. The molecule has 8 nitrogen and oxygen atoms in total. The average molecular weight is 518 g/mol. The van der Waals surface area contributed by atoms with Crippen molar-refractivity contribution in [2.75, 3.05) is 25.5 Å². The number of fused-ring (bicyclic) bond motifs is 1. The Morgan fingerprint density at radius 1 is 1.17 bits per heavy atom. The van der Waals surface area contributed by atoms with Crippen LogP contribution in [0.25, 0.3) is 10.8 Å². The smallest absolute Gasteiger partial charge is 0.258 e. The van der Waals surface area contributed by atoms with Gasteiger partial charge in [-0.2, -0.15) is 4.31 Å². The lowest BCUT2D eigenvalue weighted by atomic mass is 10.0. The van der Waals surface area contributed by atoms with E-state index in [1.165, 1.54) is 17.6 Å². The molecule has 1 amide bonds. The molecule has 0 radical (unpaired) electrons. The van der Waals surface area contributed by atoms with Crippen LogP contribution in [0.15, 0.2) is 52.3 Å². The van der Waals surface area contributed by atoms with Crippen LogP contribution in [-0.2, 0) is 21.4 Å².